The summed E-state index contributed by atoms with van der Waals surface area (Å²) < 4.78 is 5.52. The molecule has 6 nitrogen and oxygen atoms in total. The molecular formula is C80H159NO5. The van der Waals surface area contributed by atoms with Crippen molar-refractivity contribution in [1.29, 1.82) is 0 Å². The second-order valence-corrected chi connectivity index (χ2v) is 28.1. The molecule has 0 radical (unpaired) electrons. The van der Waals surface area contributed by atoms with E-state index in [2.05, 4.69) is 19.2 Å². The summed E-state index contributed by atoms with van der Waals surface area (Å²) in [6.07, 6.45) is 94.9. The van der Waals surface area contributed by atoms with Gasteiger partial charge in [0.2, 0.25) is 5.91 Å². The summed E-state index contributed by atoms with van der Waals surface area (Å²) in [5.41, 5.74) is 0. The Morgan fingerprint density at radius 3 is 0.709 bits per heavy atom. The molecule has 0 bridgehead atoms. The molecule has 0 rings (SSSR count). The lowest BCUT2D eigenvalue weighted by Crippen LogP contribution is -2.45. The van der Waals surface area contributed by atoms with Crippen LogP contribution >= 0.6 is 0 Å². The Labute approximate surface area is 540 Å². The van der Waals surface area contributed by atoms with E-state index in [0.29, 0.717) is 25.9 Å². The van der Waals surface area contributed by atoms with Crippen molar-refractivity contribution >= 4 is 11.9 Å². The first-order chi connectivity index (χ1) is 42.5. The van der Waals surface area contributed by atoms with Crippen molar-refractivity contribution in [3.8, 4) is 0 Å². The van der Waals surface area contributed by atoms with E-state index >= 15 is 0 Å². The van der Waals surface area contributed by atoms with Crippen LogP contribution in [0, 0.1) is 0 Å². The van der Waals surface area contributed by atoms with Crippen molar-refractivity contribution in [2.75, 3.05) is 13.2 Å². The minimum absolute atomic E-state index is 0.0250. The third kappa shape index (κ3) is 71.9. The highest BCUT2D eigenvalue weighted by atomic mass is 16.5. The van der Waals surface area contributed by atoms with Crippen LogP contribution in [0.3, 0.4) is 0 Å². The van der Waals surface area contributed by atoms with Gasteiger partial charge in [0.05, 0.1) is 25.4 Å². The van der Waals surface area contributed by atoms with Gasteiger partial charge in [-0.25, -0.2) is 0 Å². The Morgan fingerprint density at radius 2 is 0.477 bits per heavy atom. The number of aliphatic hydroxyl groups is 2. The Balaban J connectivity index is 3.30. The molecule has 0 aliphatic rings. The summed E-state index contributed by atoms with van der Waals surface area (Å²) in [6, 6.07) is -0.538. The van der Waals surface area contributed by atoms with E-state index in [-0.39, 0.29) is 18.5 Å². The number of carbonyl (C=O) groups is 2. The van der Waals surface area contributed by atoms with Gasteiger partial charge < -0.3 is 20.3 Å². The zero-order valence-corrected chi connectivity index (χ0v) is 59.1. The van der Waals surface area contributed by atoms with Gasteiger partial charge in [-0.2, -0.15) is 0 Å². The van der Waals surface area contributed by atoms with Crippen LogP contribution in [0.25, 0.3) is 0 Å². The second-order valence-electron chi connectivity index (χ2n) is 28.1. The van der Waals surface area contributed by atoms with Crippen molar-refractivity contribution < 1.29 is 24.5 Å². The molecule has 0 aromatic heterocycles. The molecule has 2 atom stereocenters. The van der Waals surface area contributed by atoms with Crippen LogP contribution in [0.2, 0.25) is 0 Å². The Kier molecular flexibility index (Phi) is 75.3. The first-order valence-corrected chi connectivity index (χ1v) is 40.3. The fourth-order valence-corrected chi connectivity index (χ4v) is 13.3. The summed E-state index contributed by atoms with van der Waals surface area (Å²) in [4.78, 5) is 24.7. The smallest absolute Gasteiger partial charge is 0.305 e. The van der Waals surface area contributed by atoms with Crippen LogP contribution in [0.5, 0.6) is 0 Å². The topological polar surface area (TPSA) is 95.9 Å². The highest BCUT2D eigenvalue weighted by Gasteiger charge is 2.20. The number of carbonyl (C=O) groups excluding carboxylic acids is 2. The zero-order chi connectivity index (χ0) is 62.0. The van der Waals surface area contributed by atoms with Crippen molar-refractivity contribution in [3.05, 3.63) is 0 Å². The molecule has 1 amide bonds. The summed E-state index contributed by atoms with van der Waals surface area (Å²) in [5.74, 6) is 0.00209. The van der Waals surface area contributed by atoms with Crippen molar-refractivity contribution in [2.45, 2.75) is 488 Å². The molecule has 0 heterocycles. The van der Waals surface area contributed by atoms with Gasteiger partial charge in [0.15, 0.2) is 0 Å². The third-order valence-electron chi connectivity index (χ3n) is 19.4. The predicted molar refractivity (Wildman–Crippen MR) is 380 cm³/mol. The monoisotopic (exact) mass is 1210 g/mol. The SMILES string of the molecule is CCCCCCCCCCCCCCCCCCCCCC(=O)OCCCCCCCCCCCCCCCCCCCCCCCCCCCCCCCCCC(=O)NC(CO)C(O)CCCCCCCCCCCCCCCCCCCCC. The minimum atomic E-state index is -0.661. The summed E-state index contributed by atoms with van der Waals surface area (Å²) in [5, 5.41) is 23.4. The lowest BCUT2D eigenvalue weighted by Gasteiger charge is -2.22. The number of hydrogen-bond acceptors (Lipinski definition) is 5. The van der Waals surface area contributed by atoms with E-state index in [4.69, 9.17) is 4.74 Å². The average Bonchev–Trinajstić information content (AvgIpc) is 3.54. The summed E-state index contributed by atoms with van der Waals surface area (Å²) >= 11 is 0. The van der Waals surface area contributed by atoms with Crippen LogP contribution in [0.15, 0.2) is 0 Å². The molecule has 0 aliphatic heterocycles. The summed E-state index contributed by atoms with van der Waals surface area (Å²) in [7, 11) is 0. The molecule has 514 valence electrons. The van der Waals surface area contributed by atoms with Gasteiger partial charge in [-0.3, -0.25) is 9.59 Å². The van der Waals surface area contributed by atoms with Crippen molar-refractivity contribution in [2.24, 2.45) is 0 Å². The maximum atomic E-state index is 12.6. The molecule has 0 spiro atoms. The fraction of sp³-hybridized carbons (Fsp3) is 0.975. The zero-order valence-electron chi connectivity index (χ0n) is 59.1. The van der Waals surface area contributed by atoms with Crippen molar-refractivity contribution in [3.63, 3.8) is 0 Å². The van der Waals surface area contributed by atoms with E-state index in [1.54, 1.807) is 0 Å². The van der Waals surface area contributed by atoms with Gasteiger partial charge in [-0.1, -0.05) is 438 Å². The van der Waals surface area contributed by atoms with Crippen molar-refractivity contribution in [1.82, 2.24) is 5.32 Å². The minimum Gasteiger partial charge on any atom is -0.466 e. The van der Waals surface area contributed by atoms with Gasteiger partial charge in [-0.05, 0) is 25.7 Å². The molecule has 0 aromatic rings. The first-order valence-electron chi connectivity index (χ1n) is 40.3. The van der Waals surface area contributed by atoms with Crippen LogP contribution in [-0.4, -0.2) is 47.4 Å². The highest BCUT2D eigenvalue weighted by Crippen LogP contribution is 2.21. The number of nitrogens with one attached hydrogen (secondary N) is 1. The molecule has 3 N–H and O–H groups in total. The maximum Gasteiger partial charge on any atom is 0.305 e. The van der Waals surface area contributed by atoms with E-state index < -0.39 is 12.1 Å². The standard InChI is InChI=1S/C80H159NO5/c1-3-5-7-9-11-13-15-17-19-21-36-40-44-48-52-56-60-64-68-72-78(83)77(76-82)81-79(84)73-69-65-61-57-53-49-45-41-38-34-32-30-28-26-24-23-25-27-29-31-33-35-39-43-47-51-55-59-63-67-71-75-86-80(85)74-70-66-62-58-54-50-46-42-37-22-20-18-16-14-12-10-8-6-4-2/h77-78,82-83H,3-76H2,1-2H3,(H,81,84). The molecule has 86 heavy (non-hydrogen) atoms. The maximum absolute atomic E-state index is 12.6. The number of rotatable bonds is 77. The van der Waals surface area contributed by atoms with E-state index in [1.807, 2.05) is 0 Å². The normalized spacial score (nSPS) is 12.4. The fourth-order valence-electron chi connectivity index (χ4n) is 13.3. The largest absolute Gasteiger partial charge is 0.466 e. The molecule has 6 heteroatoms. The van der Waals surface area contributed by atoms with E-state index in [1.165, 1.54) is 405 Å². The predicted octanol–water partition coefficient (Wildman–Crippen LogP) is 26.5. The van der Waals surface area contributed by atoms with Gasteiger partial charge in [0.25, 0.3) is 0 Å². The van der Waals surface area contributed by atoms with Gasteiger partial charge in [0, 0.05) is 12.8 Å². The highest BCUT2D eigenvalue weighted by molar-refractivity contribution is 5.76. The number of ether oxygens (including phenoxy) is 1. The van der Waals surface area contributed by atoms with Crippen LogP contribution < -0.4 is 5.32 Å². The number of hydrogen-bond donors (Lipinski definition) is 3. The van der Waals surface area contributed by atoms with E-state index in [0.717, 1.165) is 38.5 Å². The molecule has 0 aliphatic carbocycles. The quantitative estimate of drug-likeness (QED) is 0.0417. The number of unbranched alkanes of at least 4 members (excludes halogenated alkanes) is 66. The molecule has 0 saturated heterocycles. The van der Waals surface area contributed by atoms with Gasteiger partial charge in [0.1, 0.15) is 0 Å². The molecule has 0 saturated carbocycles. The lowest BCUT2D eigenvalue weighted by molar-refractivity contribution is -0.143. The van der Waals surface area contributed by atoms with Gasteiger partial charge in [-0.15, -0.1) is 0 Å². The van der Waals surface area contributed by atoms with Crippen LogP contribution in [0.1, 0.15) is 476 Å². The average molecular weight is 1220 g/mol. The van der Waals surface area contributed by atoms with E-state index in [9.17, 15) is 19.8 Å². The molecule has 0 aromatic carbocycles. The van der Waals surface area contributed by atoms with Gasteiger partial charge >= 0.3 is 5.97 Å². The third-order valence-corrected chi connectivity index (χ3v) is 19.4. The molecular weight excluding hydrogens is 1050 g/mol. The Morgan fingerprint density at radius 1 is 0.279 bits per heavy atom. The summed E-state index contributed by atoms with van der Waals surface area (Å²) in [6.45, 7) is 5.02. The number of aliphatic hydroxyl groups excluding tert-OH is 2. The van der Waals surface area contributed by atoms with Crippen LogP contribution in [-0.2, 0) is 14.3 Å². The van der Waals surface area contributed by atoms with Crippen LogP contribution in [0.4, 0.5) is 0 Å². The number of amides is 1. The Hall–Kier alpha value is -1.14. The molecule has 2 unspecified atom stereocenters. The molecule has 0 fully saturated rings. The Bertz CT molecular complexity index is 1260. The second kappa shape index (κ2) is 76.3. The number of esters is 1. The lowest BCUT2D eigenvalue weighted by atomic mass is 10.0. The first kappa shape index (κ1) is 84.9.